The van der Waals surface area contributed by atoms with Gasteiger partial charge in [0, 0.05) is 6.42 Å². The second-order valence-electron chi connectivity index (χ2n) is 2.86. The van der Waals surface area contributed by atoms with Crippen LogP contribution in [0.5, 0.6) is 0 Å². The Morgan fingerprint density at radius 2 is 1.91 bits per heavy atom. The molecule has 0 rings (SSSR count). The highest BCUT2D eigenvalue weighted by molar-refractivity contribution is 5.81. The number of carboxylic acids is 1. The van der Waals surface area contributed by atoms with Crippen molar-refractivity contribution in [2.24, 2.45) is 17.6 Å². The lowest BCUT2D eigenvalue weighted by Crippen LogP contribution is -2.26. The van der Waals surface area contributed by atoms with E-state index in [1.54, 1.807) is 13.8 Å². The van der Waals surface area contributed by atoms with Gasteiger partial charge >= 0.3 is 5.97 Å². The predicted octanol–water partition coefficient (Wildman–Crippen LogP) is 0.219. The molecular weight excluding hydrogens is 146 g/mol. The maximum absolute atomic E-state index is 10.5. The second kappa shape index (κ2) is 3.95. The topological polar surface area (TPSA) is 80.4 Å². The summed E-state index contributed by atoms with van der Waals surface area (Å²) in [5, 5.41) is 8.58. The van der Waals surface area contributed by atoms with E-state index in [1.807, 2.05) is 0 Å². The fraction of sp³-hybridized carbons (Fsp3) is 0.714. The Balaban J connectivity index is 4.12. The normalized spacial score (nSPS) is 13.0. The molecule has 0 aromatic carbocycles. The molecule has 1 atom stereocenters. The molecule has 0 saturated carbocycles. The summed E-state index contributed by atoms with van der Waals surface area (Å²) in [7, 11) is 0. The molecule has 3 N–H and O–H groups in total. The molecule has 0 aliphatic heterocycles. The average Bonchev–Trinajstić information content (AvgIpc) is 1.81. The van der Waals surface area contributed by atoms with Gasteiger partial charge in [-0.2, -0.15) is 0 Å². The molecule has 0 aliphatic carbocycles. The highest BCUT2D eigenvalue weighted by atomic mass is 16.4. The number of primary amides is 1. The minimum Gasteiger partial charge on any atom is -0.481 e. The summed E-state index contributed by atoms with van der Waals surface area (Å²) in [6.07, 6.45) is -0.0764. The first kappa shape index (κ1) is 9.94. The van der Waals surface area contributed by atoms with Crippen molar-refractivity contribution < 1.29 is 14.7 Å². The average molecular weight is 159 g/mol. The molecule has 64 valence electrons. The van der Waals surface area contributed by atoms with E-state index in [4.69, 9.17) is 10.8 Å². The Labute approximate surface area is 65.4 Å². The second-order valence-corrected chi connectivity index (χ2v) is 2.86. The van der Waals surface area contributed by atoms with Gasteiger partial charge in [0.15, 0.2) is 0 Å². The van der Waals surface area contributed by atoms with E-state index in [2.05, 4.69) is 0 Å². The summed E-state index contributed by atoms with van der Waals surface area (Å²) in [6, 6.07) is 0. The fourth-order valence-corrected chi connectivity index (χ4v) is 0.825. The third-order valence-electron chi connectivity index (χ3n) is 1.54. The Bertz CT molecular complexity index is 165. The number of aliphatic carboxylic acids is 1. The number of nitrogens with two attached hydrogens (primary N) is 1. The molecule has 0 aliphatic rings. The van der Waals surface area contributed by atoms with Crippen LogP contribution in [0.25, 0.3) is 0 Å². The summed E-state index contributed by atoms with van der Waals surface area (Å²) in [6.45, 7) is 3.50. The molecule has 4 nitrogen and oxygen atoms in total. The van der Waals surface area contributed by atoms with Gasteiger partial charge in [0.25, 0.3) is 0 Å². The van der Waals surface area contributed by atoms with Crippen LogP contribution in [0.3, 0.4) is 0 Å². The summed E-state index contributed by atoms with van der Waals surface area (Å²) < 4.78 is 0. The molecular formula is C7H13NO3. The van der Waals surface area contributed by atoms with Crippen molar-refractivity contribution in [2.45, 2.75) is 20.3 Å². The summed E-state index contributed by atoms with van der Waals surface area (Å²) in [4.78, 5) is 20.8. The molecule has 1 amide bonds. The van der Waals surface area contributed by atoms with E-state index in [-0.39, 0.29) is 12.3 Å². The minimum atomic E-state index is -0.959. The summed E-state index contributed by atoms with van der Waals surface area (Å²) >= 11 is 0. The number of amides is 1. The van der Waals surface area contributed by atoms with Crippen LogP contribution in [0, 0.1) is 11.8 Å². The van der Waals surface area contributed by atoms with Crippen molar-refractivity contribution in [2.75, 3.05) is 0 Å². The number of hydrogen-bond donors (Lipinski definition) is 2. The van der Waals surface area contributed by atoms with Crippen molar-refractivity contribution in [3.63, 3.8) is 0 Å². The maximum atomic E-state index is 10.5. The van der Waals surface area contributed by atoms with Gasteiger partial charge < -0.3 is 10.8 Å². The first-order valence-electron chi connectivity index (χ1n) is 3.46. The van der Waals surface area contributed by atoms with Gasteiger partial charge in [-0.3, -0.25) is 9.59 Å². The van der Waals surface area contributed by atoms with Crippen LogP contribution in [-0.2, 0) is 9.59 Å². The van der Waals surface area contributed by atoms with Gasteiger partial charge in [0.1, 0.15) is 0 Å². The van der Waals surface area contributed by atoms with Gasteiger partial charge in [-0.15, -0.1) is 0 Å². The number of carboxylic acid groups (broad SMARTS) is 1. The standard InChI is InChI=1S/C7H13NO3/c1-4(2)5(7(10)11)3-6(8)9/h4-5H,3H2,1-2H3,(H2,8,9)(H,10,11). The third-order valence-corrected chi connectivity index (χ3v) is 1.54. The van der Waals surface area contributed by atoms with Gasteiger partial charge in [0.2, 0.25) is 5.91 Å². The van der Waals surface area contributed by atoms with E-state index < -0.39 is 17.8 Å². The molecule has 0 spiro atoms. The lowest BCUT2D eigenvalue weighted by molar-refractivity contribution is -0.145. The van der Waals surface area contributed by atoms with Crippen LogP contribution in [0.2, 0.25) is 0 Å². The monoisotopic (exact) mass is 159 g/mol. The molecule has 0 saturated heterocycles. The van der Waals surface area contributed by atoms with Gasteiger partial charge in [-0.05, 0) is 5.92 Å². The highest BCUT2D eigenvalue weighted by Gasteiger charge is 2.22. The first-order chi connectivity index (χ1) is 4.95. The zero-order valence-corrected chi connectivity index (χ0v) is 6.70. The van der Waals surface area contributed by atoms with Crippen LogP contribution in [0.4, 0.5) is 0 Å². The lowest BCUT2D eigenvalue weighted by atomic mass is 9.92. The number of carbonyl (C=O) groups excluding carboxylic acids is 1. The van der Waals surface area contributed by atoms with E-state index >= 15 is 0 Å². The van der Waals surface area contributed by atoms with E-state index in [1.165, 1.54) is 0 Å². The zero-order valence-electron chi connectivity index (χ0n) is 6.70. The van der Waals surface area contributed by atoms with Gasteiger partial charge in [-0.1, -0.05) is 13.8 Å². The molecule has 4 heteroatoms. The minimum absolute atomic E-state index is 0.0556. The fourth-order valence-electron chi connectivity index (χ4n) is 0.825. The van der Waals surface area contributed by atoms with E-state index in [0.29, 0.717) is 0 Å². The van der Waals surface area contributed by atoms with Crippen LogP contribution < -0.4 is 5.73 Å². The first-order valence-corrected chi connectivity index (χ1v) is 3.46. The maximum Gasteiger partial charge on any atom is 0.307 e. The van der Waals surface area contributed by atoms with Crippen molar-refractivity contribution in [3.05, 3.63) is 0 Å². The molecule has 0 bridgehead atoms. The number of rotatable bonds is 4. The number of hydrogen-bond acceptors (Lipinski definition) is 2. The summed E-state index contributed by atoms with van der Waals surface area (Å²) in [5.74, 6) is -2.22. The highest BCUT2D eigenvalue weighted by Crippen LogP contribution is 2.14. The summed E-state index contributed by atoms with van der Waals surface area (Å²) in [5.41, 5.74) is 4.87. The van der Waals surface area contributed by atoms with Gasteiger partial charge in [-0.25, -0.2) is 0 Å². The molecule has 0 aromatic rings. The zero-order chi connectivity index (χ0) is 9.02. The smallest absolute Gasteiger partial charge is 0.307 e. The van der Waals surface area contributed by atoms with Crippen LogP contribution in [0.1, 0.15) is 20.3 Å². The van der Waals surface area contributed by atoms with E-state index in [9.17, 15) is 9.59 Å². The van der Waals surface area contributed by atoms with Crippen molar-refractivity contribution >= 4 is 11.9 Å². The van der Waals surface area contributed by atoms with Crippen LogP contribution in [0.15, 0.2) is 0 Å². The Morgan fingerprint density at radius 1 is 1.45 bits per heavy atom. The van der Waals surface area contributed by atoms with Crippen LogP contribution >= 0.6 is 0 Å². The van der Waals surface area contributed by atoms with E-state index in [0.717, 1.165) is 0 Å². The quantitative estimate of drug-likeness (QED) is 0.615. The Hall–Kier alpha value is -1.06. The largest absolute Gasteiger partial charge is 0.481 e. The molecule has 0 radical (unpaired) electrons. The Morgan fingerprint density at radius 3 is 2.00 bits per heavy atom. The Kier molecular flexibility index (Phi) is 3.57. The van der Waals surface area contributed by atoms with Crippen molar-refractivity contribution in [3.8, 4) is 0 Å². The molecule has 11 heavy (non-hydrogen) atoms. The third kappa shape index (κ3) is 3.60. The lowest BCUT2D eigenvalue weighted by Gasteiger charge is -2.13. The number of carbonyl (C=O) groups is 2. The van der Waals surface area contributed by atoms with Crippen molar-refractivity contribution in [1.82, 2.24) is 0 Å². The predicted molar refractivity (Wildman–Crippen MR) is 39.8 cm³/mol. The molecule has 0 aromatic heterocycles. The van der Waals surface area contributed by atoms with Gasteiger partial charge in [0.05, 0.1) is 5.92 Å². The van der Waals surface area contributed by atoms with Crippen LogP contribution in [-0.4, -0.2) is 17.0 Å². The molecule has 0 heterocycles. The molecule has 0 fully saturated rings. The van der Waals surface area contributed by atoms with Crippen molar-refractivity contribution in [1.29, 1.82) is 0 Å². The molecule has 1 unspecified atom stereocenters. The SMILES string of the molecule is CC(C)C(CC(N)=O)C(=O)O.